The van der Waals surface area contributed by atoms with Gasteiger partial charge in [-0.3, -0.25) is 4.79 Å². The Morgan fingerprint density at radius 1 is 1.42 bits per heavy atom. The molecular formula is C13H12N4O2. The summed E-state index contributed by atoms with van der Waals surface area (Å²) in [5.74, 6) is 0.281. The zero-order valence-corrected chi connectivity index (χ0v) is 10.3. The molecule has 0 spiro atoms. The molecule has 0 unspecified atom stereocenters. The number of benzene rings is 1. The second-order valence-corrected chi connectivity index (χ2v) is 4.23. The Morgan fingerprint density at radius 3 is 3.05 bits per heavy atom. The molecule has 0 bridgehead atoms. The first-order valence-corrected chi connectivity index (χ1v) is 5.89. The van der Waals surface area contributed by atoms with Gasteiger partial charge in [0.2, 0.25) is 6.39 Å². The van der Waals surface area contributed by atoms with Crippen LogP contribution in [0.3, 0.4) is 0 Å². The van der Waals surface area contributed by atoms with Crippen molar-refractivity contribution in [3.8, 4) is 0 Å². The molecular weight excluding hydrogens is 244 g/mol. The number of aromatic amines is 1. The first kappa shape index (κ1) is 11.5. The van der Waals surface area contributed by atoms with Crippen molar-refractivity contribution in [2.75, 3.05) is 0 Å². The first-order valence-electron chi connectivity index (χ1n) is 5.89. The van der Waals surface area contributed by atoms with E-state index in [2.05, 4.69) is 25.0 Å². The minimum atomic E-state index is -0.306. The fraction of sp³-hybridized carbons (Fsp3) is 0.154. The van der Waals surface area contributed by atoms with Gasteiger partial charge in [-0.05, 0) is 13.0 Å². The lowest BCUT2D eigenvalue weighted by atomic mass is 10.1. The molecule has 0 aliphatic rings. The monoisotopic (exact) mass is 256 g/mol. The predicted octanol–water partition coefficient (Wildman–Crippen LogP) is 2.04. The number of rotatable bonds is 3. The van der Waals surface area contributed by atoms with Crippen molar-refractivity contribution < 1.29 is 9.32 Å². The number of H-pyrrole nitrogens is 1. The lowest BCUT2D eigenvalue weighted by molar-refractivity contribution is 0.0939. The third-order valence-corrected chi connectivity index (χ3v) is 2.95. The molecule has 2 aromatic heterocycles. The topological polar surface area (TPSA) is 83.8 Å². The van der Waals surface area contributed by atoms with Crippen LogP contribution in [-0.2, 0) is 0 Å². The molecule has 2 heterocycles. The Kier molecular flexibility index (Phi) is 2.75. The summed E-state index contributed by atoms with van der Waals surface area (Å²) in [6.45, 7) is 1.80. The molecule has 6 heteroatoms. The average Bonchev–Trinajstić information content (AvgIpc) is 3.08. The van der Waals surface area contributed by atoms with Crippen LogP contribution < -0.4 is 5.32 Å². The van der Waals surface area contributed by atoms with Crippen LogP contribution in [0.2, 0.25) is 0 Å². The highest BCUT2D eigenvalue weighted by molar-refractivity contribution is 6.06. The maximum absolute atomic E-state index is 12.2. The van der Waals surface area contributed by atoms with Gasteiger partial charge in [0, 0.05) is 17.1 Å². The Morgan fingerprint density at radius 2 is 2.26 bits per heavy atom. The van der Waals surface area contributed by atoms with Crippen LogP contribution in [0.15, 0.2) is 41.4 Å². The van der Waals surface area contributed by atoms with Crippen molar-refractivity contribution in [2.24, 2.45) is 0 Å². The molecule has 1 aromatic carbocycles. The van der Waals surface area contributed by atoms with Crippen molar-refractivity contribution in [1.82, 2.24) is 20.4 Å². The number of carbonyl (C=O) groups excluding carboxylic acids is 1. The zero-order valence-electron chi connectivity index (χ0n) is 10.3. The van der Waals surface area contributed by atoms with Crippen LogP contribution in [0.4, 0.5) is 0 Å². The Labute approximate surface area is 108 Å². The van der Waals surface area contributed by atoms with E-state index in [9.17, 15) is 4.79 Å². The van der Waals surface area contributed by atoms with E-state index in [1.54, 1.807) is 13.1 Å². The highest BCUT2D eigenvalue weighted by Crippen LogP contribution is 2.18. The number of carbonyl (C=O) groups is 1. The number of nitrogens with one attached hydrogen (secondary N) is 2. The van der Waals surface area contributed by atoms with E-state index >= 15 is 0 Å². The largest absolute Gasteiger partial charge is 0.360 e. The van der Waals surface area contributed by atoms with Gasteiger partial charge < -0.3 is 14.8 Å². The summed E-state index contributed by atoms with van der Waals surface area (Å²) in [7, 11) is 0. The number of nitrogens with zero attached hydrogens (tertiary/aromatic N) is 2. The van der Waals surface area contributed by atoms with Crippen LogP contribution in [0.1, 0.15) is 29.1 Å². The number of para-hydroxylation sites is 1. The molecule has 0 saturated carbocycles. The second-order valence-electron chi connectivity index (χ2n) is 4.23. The molecule has 2 N–H and O–H groups in total. The molecule has 1 atom stereocenters. The zero-order chi connectivity index (χ0) is 13.2. The fourth-order valence-electron chi connectivity index (χ4n) is 1.97. The third kappa shape index (κ3) is 2.08. The number of hydrogen-bond donors (Lipinski definition) is 2. The first-order chi connectivity index (χ1) is 9.25. The summed E-state index contributed by atoms with van der Waals surface area (Å²) in [6, 6.07) is 7.34. The summed E-state index contributed by atoms with van der Waals surface area (Å²) in [6.07, 6.45) is 2.94. The van der Waals surface area contributed by atoms with E-state index in [0.717, 1.165) is 10.9 Å². The van der Waals surface area contributed by atoms with Gasteiger partial charge in [-0.15, -0.1) is 0 Å². The van der Waals surface area contributed by atoms with Crippen molar-refractivity contribution in [3.63, 3.8) is 0 Å². The van der Waals surface area contributed by atoms with Crippen LogP contribution in [0, 0.1) is 0 Å². The number of amides is 1. The van der Waals surface area contributed by atoms with E-state index in [1.165, 1.54) is 6.39 Å². The molecule has 96 valence electrons. The number of aromatic nitrogens is 3. The van der Waals surface area contributed by atoms with Gasteiger partial charge in [-0.2, -0.15) is 4.98 Å². The summed E-state index contributed by atoms with van der Waals surface area (Å²) in [4.78, 5) is 19.2. The van der Waals surface area contributed by atoms with Crippen LogP contribution in [0.25, 0.3) is 10.9 Å². The van der Waals surface area contributed by atoms with Crippen molar-refractivity contribution in [2.45, 2.75) is 13.0 Å². The molecule has 19 heavy (non-hydrogen) atoms. The van der Waals surface area contributed by atoms with Gasteiger partial charge in [0.1, 0.15) is 0 Å². The average molecular weight is 256 g/mol. The lowest BCUT2D eigenvalue weighted by Gasteiger charge is -2.09. The molecule has 0 radical (unpaired) electrons. The third-order valence-electron chi connectivity index (χ3n) is 2.95. The van der Waals surface area contributed by atoms with E-state index < -0.39 is 0 Å². The van der Waals surface area contributed by atoms with Gasteiger partial charge in [-0.1, -0.05) is 23.4 Å². The van der Waals surface area contributed by atoms with E-state index in [-0.39, 0.29) is 11.9 Å². The van der Waals surface area contributed by atoms with Crippen LogP contribution >= 0.6 is 0 Å². The summed E-state index contributed by atoms with van der Waals surface area (Å²) >= 11 is 0. The van der Waals surface area contributed by atoms with Gasteiger partial charge in [0.25, 0.3) is 5.91 Å². The fourth-order valence-corrected chi connectivity index (χ4v) is 1.97. The number of fused-ring (bicyclic) bond motifs is 1. The SMILES string of the molecule is C[C@@H](NC(=O)c1c[nH]c2ccccc12)c1ncon1. The summed E-state index contributed by atoms with van der Waals surface area (Å²) < 4.78 is 4.66. The van der Waals surface area contributed by atoms with Gasteiger partial charge in [0.15, 0.2) is 5.82 Å². The quantitative estimate of drug-likeness (QED) is 0.751. The minimum Gasteiger partial charge on any atom is -0.360 e. The molecule has 6 nitrogen and oxygen atoms in total. The smallest absolute Gasteiger partial charge is 0.254 e. The number of hydrogen-bond acceptors (Lipinski definition) is 4. The Bertz CT molecular complexity index is 702. The Balaban J connectivity index is 1.84. The van der Waals surface area contributed by atoms with Crippen molar-refractivity contribution >= 4 is 16.8 Å². The maximum atomic E-state index is 12.2. The molecule has 0 saturated heterocycles. The van der Waals surface area contributed by atoms with Gasteiger partial charge in [-0.25, -0.2) is 0 Å². The standard InChI is InChI=1S/C13H12N4O2/c1-8(12-15-7-19-17-12)16-13(18)10-6-14-11-5-3-2-4-9(10)11/h2-8,14H,1H3,(H,16,18)/t8-/m1/s1. The van der Waals surface area contributed by atoms with E-state index in [4.69, 9.17) is 0 Å². The Hall–Kier alpha value is -2.63. The molecule has 3 rings (SSSR count). The van der Waals surface area contributed by atoms with E-state index in [1.807, 2.05) is 24.3 Å². The summed E-state index contributed by atoms with van der Waals surface area (Å²) in [5.41, 5.74) is 1.53. The second kappa shape index (κ2) is 4.56. The highest BCUT2D eigenvalue weighted by Gasteiger charge is 2.17. The van der Waals surface area contributed by atoms with Crippen molar-refractivity contribution in [3.05, 3.63) is 48.2 Å². The molecule has 0 fully saturated rings. The summed E-state index contributed by atoms with van der Waals surface area (Å²) in [5, 5.41) is 7.43. The van der Waals surface area contributed by atoms with Crippen molar-refractivity contribution in [1.29, 1.82) is 0 Å². The minimum absolute atomic E-state index is 0.172. The molecule has 0 aliphatic carbocycles. The lowest BCUT2D eigenvalue weighted by Crippen LogP contribution is -2.27. The van der Waals surface area contributed by atoms with Crippen LogP contribution in [0.5, 0.6) is 0 Å². The molecule has 3 aromatic rings. The maximum Gasteiger partial charge on any atom is 0.254 e. The van der Waals surface area contributed by atoms with Gasteiger partial charge >= 0.3 is 0 Å². The van der Waals surface area contributed by atoms with E-state index in [0.29, 0.717) is 11.4 Å². The van der Waals surface area contributed by atoms with Gasteiger partial charge in [0.05, 0.1) is 11.6 Å². The van der Waals surface area contributed by atoms with Crippen LogP contribution in [-0.4, -0.2) is 21.0 Å². The molecule has 1 amide bonds. The predicted molar refractivity (Wildman–Crippen MR) is 68.5 cm³/mol. The highest BCUT2D eigenvalue weighted by atomic mass is 16.5. The molecule has 0 aliphatic heterocycles. The normalized spacial score (nSPS) is 12.5.